The van der Waals surface area contributed by atoms with Crippen molar-refractivity contribution in [3.8, 4) is 16.9 Å². The van der Waals surface area contributed by atoms with Crippen molar-refractivity contribution < 1.29 is 9.13 Å². The van der Waals surface area contributed by atoms with Crippen molar-refractivity contribution in [2.24, 2.45) is 0 Å². The van der Waals surface area contributed by atoms with Crippen LogP contribution in [0.3, 0.4) is 0 Å². The number of methoxy groups -OCH3 is 1. The minimum absolute atomic E-state index is 0.160. The van der Waals surface area contributed by atoms with E-state index in [-0.39, 0.29) is 16.1 Å². The number of aromatic nitrogens is 5. The zero-order valence-corrected chi connectivity index (χ0v) is 17.2. The average Bonchev–Trinajstić information content (AvgIpc) is 3.25. The standard InChI is InChI=1S/C20H19ClFN7O/c1-10-3-4-11-17(27-28-26-11)12(10)13-15(21)19(30-2)14-18(16(13)22)24-9-25-20(14)29-7-5-23-6-8-29/h3-4,9,23H,5-8H2,1-2H3,(H,26,27,28). The molecule has 8 nitrogen and oxygen atoms in total. The van der Waals surface area contributed by atoms with Crippen LogP contribution < -0.4 is 15.0 Å². The van der Waals surface area contributed by atoms with Gasteiger partial charge in [0.1, 0.15) is 23.2 Å². The van der Waals surface area contributed by atoms with Gasteiger partial charge in [-0.2, -0.15) is 0 Å². The summed E-state index contributed by atoms with van der Waals surface area (Å²) in [6.07, 6.45) is 1.38. The largest absolute Gasteiger partial charge is 0.494 e. The van der Waals surface area contributed by atoms with Crippen LogP contribution >= 0.6 is 11.6 Å². The van der Waals surface area contributed by atoms with Gasteiger partial charge in [0.05, 0.1) is 23.0 Å². The number of H-pyrrole nitrogens is 1. The van der Waals surface area contributed by atoms with E-state index in [1.165, 1.54) is 13.4 Å². The van der Waals surface area contributed by atoms with E-state index in [0.29, 0.717) is 33.6 Å². The smallest absolute Gasteiger partial charge is 0.159 e. The molecule has 1 aliphatic heterocycles. The molecule has 0 unspecified atom stereocenters. The van der Waals surface area contributed by atoms with Gasteiger partial charge in [-0.1, -0.05) is 22.9 Å². The topological polar surface area (TPSA) is 91.8 Å². The first-order valence-electron chi connectivity index (χ1n) is 9.58. The molecule has 1 aliphatic rings. The Morgan fingerprint density at radius 2 is 1.93 bits per heavy atom. The molecule has 5 rings (SSSR count). The zero-order valence-electron chi connectivity index (χ0n) is 16.5. The van der Waals surface area contributed by atoms with Crippen LogP contribution in [-0.2, 0) is 0 Å². The molecule has 0 aliphatic carbocycles. The number of halogens is 2. The number of aryl methyl sites for hydroxylation is 1. The SMILES string of the molecule is COc1c(Cl)c(-c2c(C)ccc3[nH]nnc23)c(F)c2ncnc(N3CCNCC3)c12. The number of ether oxygens (including phenoxy) is 1. The van der Waals surface area contributed by atoms with Crippen molar-refractivity contribution in [3.05, 3.63) is 34.9 Å². The molecule has 0 bridgehead atoms. The number of hydrogen-bond donors (Lipinski definition) is 2. The highest BCUT2D eigenvalue weighted by Gasteiger charge is 2.28. The van der Waals surface area contributed by atoms with Crippen LogP contribution in [0.15, 0.2) is 18.5 Å². The van der Waals surface area contributed by atoms with Crippen molar-refractivity contribution in [2.45, 2.75) is 6.92 Å². The van der Waals surface area contributed by atoms with Crippen molar-refractivity contribution >= 4 is 39.4 Å². The maximum Gasteiger partial charge on any atom is 0.159 e. The number of piperazine rings is 1. The number of nitrogens with zero attached hydrogens (tertiary/aromatic N) is 5. The van der Waals surface area contributed by atoms with Gasteiger partial charge >= 0.3 is 0 Å². The fourth-order valence-corrected chi connectivity index (χ4v) is 4.40. The molecule has 0 atom stereocenters. The second-order valence-electron chi connectivity index (χ2n) is 7.16. The maximum absolute atomic E-state index is 16.0. The van der Waals surface area contributed by atoms with Gasteiger partial charge < -0.3 is 15.0 Å². The molecule has 0 radical (unpaired) electrons. The second kappa shape index (κ2) is 7.33. The number of anilines is 1. The van der Waals surface area contributed by atoms with Crippen LogP contribution in [0.1, 0.15) is 5.56 Å². The van der Waals surface area contributed by atoms with Crippen LogP contribution in [0, 0.1) is 12.7 Å². The Kier molecular flexibility index (Phi) is 4.63. The first-order valence-corrected chi connectivity index (χ1v) is 9.95. The van der Waals surface area contributed by atoms with Crippen molar-refractivity contribution in [2.75, 3.05) is 38.2 Å². The van der Waals surface area contributed by atoms with Gasteiger partial charge in [-0.15, -0.1) is 5.10 Å². The molecule has 154 valence electrons. The minimum Gasteiger partial charge on any atom is -0.494 e. The highest BCUT2D eigenvalue weighted by Crippen LogP contribution is 2.47. The number of benzene rings is 2. The molecule has 30 heavy (non-hydrogen) atoms. The van der Waals surface area contributed by atoms with Crippen LogP contribution in [-0.4, -0.2) is 58.7 Å². The average molecular weight is 428 g/mol. The molecule has 0 amide bonds. The number of fused-ring (bicyclic) bond motifs is 2. The molecule has 3 heterocycles. The fourth-order valence-electron chi connectivity index (χ4n) is 4.05. The molecule has 2 aromatic carbocycles. The molecular formula is C20H19ClFN7O. The summed E-state index contributed by atoms with van der Waals surface area (Å²) in [7, 11) is 1.51. The molecule has 2 aromatic heterocycles. The Balaban J connectivity index is 1.86. The third kappa shape index (κ3) is 2.77. The number of rotatable bonds is 3. The van der Waals surface area contributed by atoms with Crippen LogP contribution in [0.4, 0.5) is 10.2 Å². The Morgan fingerprint density at radius 3 is 2.70 bits per heavy atom. The first-order chi connectivity index (χ1) is 14.6. The summed E-state index contributed by atoms with van der Waals surface area (Å²) in [5.41, 5.74) is 2.96. The van der Waals surface area contributed by atoms with Crippen LogP contribution in [0.2, 0.25) is 5.02 Å². The summed E-state index contributed by atoms with van der Waals surface area (Å²) >= 11 is 6.77. The van der Waals surface area contributed by atoms with Crippen LogP contribution in [0.25, 0.3) is 33.1 Å². The lowest BCUT2D eigenvalue weighted by atomic mass is 9.96. The second-order valence-corrected chi connectivity index (χ2v) is 7.54. The van der Waals surface area contributed by atoms with E-state index in [4.69, 9.17) is 16.3 Å². The number of hydrogen-bond acceptors (Lipinski definition) is 7. The highest BCUT2D eigenvalue weighted by molar-refractivity contribution is 6.37. The normalized spacial score (nSPS) is 14.6. The maximum atomic E-state index is 16.0. The van der Waals surface area contributed by atoms with E-state index in [0.717, 1.165) is 31.7 Å². The van der Waals surface area contributed by atoms with E-state index < -0.39 is 5.82 Å². The van der Waals surface area contributed by atoms with Gasteiger partial charge in [-0.05, 0) is 18.6 Å². The Hall–Kier alpha value is -3.04. The Bertz CT molecular complexity index is 1270. The summed E-state index contributed by atoms with van der Waals surface area (Å²) in [6.45, 7) is 4.99. The summed E-state index contributed by atoms with van der Waals surface area (Å²) in [5.74, 6) is 0.423. The predicted octanol–water partition coefficient (Wildman–Crippen LogP) is 3.09. The molecule has 1 fully saturated rings. The van der Waals surface area contributed by atoms with E-state index in [9.17, 15) is 0 Å². The highest BCUT2D eigenvalue weighted by atomic mass is 35.5. The first kappa shape index (κ1) is 19.0. The third-order valence-electron chi connectivity index (χ3n) is 5.48. The molecule has 0 saturated carbocycles. The minimum atomic E-state index is -0.534. The van der Waals surface area contributed by atoms with Gasteiger partial charge in [0.25, 0.3) is 0 Å². The molecule has 1 saturated heterocycles. The van der Waals surface area contributed by atoms with Gasteiger partial charge in [-0.3, -0.25) is 5.10 Å². The quantitative estimate of drug-likeness (QED) is 0.519. The summed E-state index contributed by atoms with van der Waals surface area (Å²) in [6, 6.07) is 3.72. The zero-order chi connectivity index (χ0) is 20.8. The molecule has 0 spiro atoms. The molecule has 10 heteroatoms. The number of aromatic amines is 1. The van der Waals surface area contributed by atoms with Crippen LogP contribution in [0.5, 0.6) is 5.75 Å². The summed E-state index contributed by atoms with van der Waals surface area (Å²) in [5, 5.41) is 14.8. The Morgan fingerprint density at radius 1 is 1.13 bits per heavy atom. The molecule has 2 N–H and O–H groups in total. The lowest BCUT2D eigenvalue weighted by molar-refractivity contribution is 0.419. The lowest BCUT2D eigenvalue weighted by Crippen LogP contribution is -2.44. The summed E-state index contributed by atoms with van der Waals surface area (Å²) in [4.78, 5) is 10.8. The van der Waals surface area contributed by atoms with Crippen molar-refractivity contribution in [1.82, 2.24) is 30.7 Å². The van der Waals surface area contributed by atoms with E-state index in [1.807, 2.05) is 19.1 Å². The predicted molar refractivity (Wildman–Crippen MR) is 114 cm³/mol. The van der Waals surface area contributed by atoms with Gasteiger partial charge in [0.15, 0.2) is 11.6 Å². The summed E-state index contributed by atoms with van der Waals surface area (Å²) < 4.78 is 21.6. The van der Waals surface area contributed by atoms with E-state index >= 15 is 4.39 Å². The third-order valence-corrected chi connectivity index (χ3v) is 5.84. The van der Waals surface area contributed by atoms with E-state index in [1.54, 1.807) is 0 Å². The fraction of sp³-hybridized carbons (Fsp3) is 0.300. The number of nitrogens with one attached hydrogen (secondary N) is 2. The van der Waals surface area contributed by atoms with Gasteiger partial charge in [-0.25, -0.2) is 14.4 Å². The molecular weight excluding hydrogens is 409 g/mol. The van der Waals surface area contributed by atoms with E-state index in [2.05, 4.69) is 35.6 Å². The molecule has 4 aromatic rings. The Labute approximate surface area is 176 Å². The monoisotopic (exact) mass is 427 g/mol. The van der Waals surface area contributed by atoms with Gasteiger partial charge in [0.2, 0.25) is 0 Å². The van der Waals surface area contributed by atoms with Gasteiger partial charge in [0, 0.05) is 37.3 Å². The lowest BCUT2D eigenvalue weighted by Gasteiger charge is -2.29. The van der Waals surface area contributed by atoms with Crippen molar-refractivity contribution in [1.29, 1.82) is 0 Å². The van der Waals surface area contributed by atoms with Crippen molar-refractivity contribution in [3.63, 3.8) is 0 Å².